The minimum Gasteiger partial charge on any atom is -0.492 e. The van der Waals surface area contributed by atoms with Crippen LogP contribution < -0.4 is 15.2 Å². The summed E-state index contributed by atoms with van der Waals surface area (Å²) >= 11 is 0. The summed E-state index contributed by atoms with van der Waals surface area (Å²) in [7, 11) is 0. The van der Waals surface area contributed by atoms with E-state index < -0.39 is 0 Å². The van der Waals surface area contributed by atoms with Gasteiger partial charge in [0.05, 0.1) is 12.9 Å². The number of rotatable bonds is 0. The summed E-state index contributed by atoms with van der Waals surface area (Å²) in [5.41, 5.74) is 1.28. The van der Waals surface area contributed by atoms with Crippen LogP contribution in [0.15, 0.2) is 42.2 Å². The van der Waals surface area contributed by atoms with Gasteiger partial charge in [-0.3, -0.25) is 0 Å². The monoisotopic (exact) mass is 210 g/mol. The highest BCUT2D eigenvalue weighted by Crippen LogP contribution is 2.31. The standard InChI is InChI=1S/C14H10O2/c1-3-9-7-16-12-6-2-4-10-8-15-11(5-1)13(9)14(10)12/h1-7,10H,8H2. The minimum atomic E-state index is 0.336. The summed E-state index contributed by atoms with van der Waals surface area (Å²) in [6.45, 7) is 0.711. The van der Waals surface area contributed by atoms with Crippen LogP contribution in [0.2, 0.25) is 0 Å². The summed E-state index contributed by atoms with van der Waals surface area (Å²) in [6.07, 6.45) is 8.04. The minimum absolute atomic E-state index is 0.336. The average Bonchev–Trinajstić information content (AvgIpc) is 2.36. The Kier molecular flexibility index (Phi) is 1.43. The van der Waals surface area contributed by atoms with E-state index in [0.717, 1.165) is 16.7 Å². The second kappa shape index (κ2) is 2.79. The fourth-order valence-corrected chi connectivity index (χ4v) is 2.56. The molecule has 2 heterocycles. The molecule has 1 aliphatic carbocycles. The van der Waals surface area contributed by atoms with Crippen molar-refractivity contribution in [1.29, 1.82) is 0 Å². The maximum absolute atomic E-state index is 5.78. The first-order valence-corrected chi connectivity index (χ1v) is 5.45. The van der Waals surface area contributed by atoms with Gasteiger partial charge in [0.15, 0.2) is 0 Å². The lowest BCUT2D eigenvalue weighted by atomic mass is 9.88. The molecule has 78 valence electrons. The van der Waals surface area contributed by atoms with Crippen molar-refractivity contribution in [3.8, 4) is 5.75 Å². The molecule has 2 nitrogen and oxygen atoms in total. The molecule has 0 fully saturated rings. The van der Waals surface area contributed by atoms with Crippen LogP contribution in [-0.2, 0) is 4.74 Å². The summed E-state index contributed by atoms with van der Waals surface area (Å²) in [4.78, 5) is 0. The molecular weight excluding hydrogens is 200 g/mol. The molecule has 0 amide bonds. The molecule has 1 aromatic rings. The van der Waals surface area contributed by atoms with Gasteiger partial charge in [-0.1, -0.05) is 24.3 Å². The van der Waals surface area contributed by atoms with E-state index in [2.05, 4.69) is 12.1 Å². The quantitative estimate of drug-likeness (QED) is 0.637. The molecule has 4 rings (SSSR count). The van der Waals surface area contributed by atoms with E-state index in [9.17, 15) is 0 Å². The third-order valence-corrected chi connectivity index (χ3v) is 3.29. The smallest absolute Gasteiger partial charge is 0.131 e. The second-order valence-corrected chi connectivity index (χ2v) is 4.20. The Morgan fingerprint density at radius 3 is 3.25 bits per heavy atom. The van der Waals surface area contributed by atoms with E-state index in [1.807, 2.05) is 24.3 Å². The summed E-state index contributed by atoms with van der Waals surface area (Å²) in [6, 6.07) is 6.09. The molecule has 1 atom stereocenters. The lowest BCUT2D eigenvalue weighted by molar-refractivity contribution is 0.278. The predicted octanol–water partition coefficient (Wildman–Crippen LogP) is 1.07. The number of ether oxygens (including phenoxy) is 2. The second-order valence-electron chi connectivity index (χ2n) is 4.20. The van der Waals surface area contributed by atoms with E-state index in [0.29, 0.717) is 12.5 Å². The number of hydrogen-bond acceptors (Lipinski definition) is 2. The van der Waals surface area contributed by atoms with Crippen LogP contribution in [0.1, 0.15) is 0 Å². The van der Waals surface area contributed by atoms with Crippen molar-refractivity contribution in [2.45, 2.75) is 0 Å². The third-order valence-electron chi connectivity index (χ3n) is 3.29. The van der Waals surface area contributed by atoms with Crippen molar-refractivity contribution in [3.05, 3.63) is 52.6 Å². The van der Waals surface area contributed by atoms with E-state index in [-0.39, 0.29) is 0 Å². The Morgan fingerprint density at radius 2 is 2.25 bits per heavy atom. The molecule has 0 spiro atoms. The highest BCUT2D eigenvalue weighted by Gasteiger charge is 2.27. The number of benzene rings is 1. The van der Waals surface area contributed by atoms with Crippen molar-refractivity contribution in [2.75, 3.05) is 6.61 Å². The average molecular weight is 210 g/mol. The Bertz CT molecular complexity index is 650. The molecular formula is C14H10O2. The maximum atomic E-state index is 5.78. The van der Waals surface area contributed by atoms with Gasteiger partial charge in [0.2, 0.25) is 0 Å². The molecule has 2 aliphatic heterocycles. The van der Waals surface area contributed by atoms with Gasteiger partial charge in [-0.15, -0.1) is 0 Å². The van der Waals surface area contributed by atoms with E-state index in [4.69, 9.17) is 9.47 Å². The summed E-state index contributed by atoms with van der Waals surface area (Å²) in [5, 5.41) is 2.32. The first-order chi connectivity index (χ1) is 7.93. The van der Waals surface area contributed by atoms with Crippen LogP contribution in [0.25, 0.3) is 11.8 Å². The number of hydrogen-bond donors (Lipinski definition) is 0. The molecule has 0 radical (unpaired) electrons. The highest BCUT2D eigenvalue weighted by molar-refractivity contribution is 5.72. The first-order valence-electron chi connectivity index (χ1n) is 5.45. The van der Waals surface area contributed by atoms with Crippen molar-refractivity contribution < 1.29 is 9.47 Å². The van der Waals surface area contributed by atoms with Crippen LogP contribution >= 0.6 is 0 Å². The zero-order valence-corrected chi connectivity index (χ0v) is 8.64. The van der Waals surface area contributed by atoms with Gasteiger partial charge in [0.1, 0.15) is 11.5 Å². The van der Waals surface area contributed by atoms with Gasteiger partial charge in [0, 0.05) is 21.9 Å². The fourth-order valence-electron chi connectivity index (χ4n) is 2.56. The zero-order chi connectivity index (χ0) is 10.5. The van der Waals surface area contributed by atoms with Gasteiger partial charge in [-0.05, 0) is 12.1 Å². The van der Waals surface area contributed by atoms with Crippen LogP contribution in [0.3, 0.4) is 0 Å². The van der Waals surface area contributed by atoms with Gasteiger partial charge < -0.3 is 9.47 Å². The van der Waals surface area contributed by atoms with Crippen LogP contribution in [-0.4, -0.2) is 6.61 Å². The van der Waals surface area contributed by atoms with Gasteiger partial charge in [-0.25, -0.2) is 0 Å². The topological polar surface area (TPSA) is 18.5 Å². The highest BCUT2D eigenvalue weighted by atomic mass is 16.5. The predicted molar refractivity (Wildman–Crippen MR) is 60.9 cm³/mol. The van der Waals surface area contributed by atoms with Crippen LogP contribution in [0.4, 0.5) is 0 Å². The maximum Gasteiger partial charge on any atom is 0.131 e. The lowest BCUT2D eigenvalue weighted by Gasteiger charge is -2.29. The normalized spacial score (nSPS) is 23.6. The van der Waals surface area contributed by atoms with E-state index in [1.54, 1.807) is 6.26 Å². The molecule has 1 unspecified atom stereocenters. The molecule has 1 aromatic carbocycles. The van der Waals surface area contributed by atoms with Crippen molar-refractivity contribution in [3.63, 3.8) is 0 Å². The Morgan fingerprint density at radius 1 is 1.25 bits per heavy atom. The lowest BCUT2D eigenvalue weighted by Crippen LogP contribution is -2.39. The number of allylic oxidation sites excluding steroid dienone is 3. The largest absolute Gasteiger partial charge is 0.492 e. The van der Waals surface area contributed by atoms with Crippen molar-refractivity contribution in [1.82, 2.24) is 0 Å². The Balaban J connectivity index is 2.23. The van der Waals surface area contributed by atoms with Gasteiger partial charge in [0.25, 0.3) is 0 Å². The molecule has 0 N–H and O–H groups in total. The first kappa shape index (κ1) is 8.22. The van der Waals surface area contributed by atoms with Gasteiger partial charge in [-0.2, -0.15) is 0 Å². The summed E-state index contributed by atoms with van der Waals surface area (Å²) in [5.74, 6) is 2.28. The molecule has 16 heavy (non-hydrogen) atoms. The van der Waals surface area contributed by atoms with Gasteiger partial charge >= 0.3 is 0 Å². The fraction of sp³-hybridized carbons (Fsp3) is 0.143. The summed E-state index contributed by atoms with van der Waals surface area (Å²) < 4.78 is 11.4. The van der Waals surface area contributed by atoms with Crippen LogP contribution in [0, 0.1) is 5.92 Å². The third kappa shape index (κ3) is 0.915. The molecule has 0 aromatic heterocycles. The Hall–Kier alpha value is -1.96. The molecule has 0 saturated carbocycles. The van der Waals surface area contributed by atoms with E-state index in [1.165, 1.54) is 10.8 Å². The van der Waals surface area contributed by atoms with Crippen molar-refractivity contribution >= 4 is 11.8 Å². The molecule has 0 saturated heterocycles. The molecule has 2 heteroatoms. The van der Waals surface area contributed by atoms with Crippen LogP contribution in [0.5, 0.6) is 5.75 Å². The van der Waals surface area contributed by atoms with E-state index >= 15 is 0 Å². The zero-order valence-electron chi connectivity index (χ0n) is 8.64. The molecule has 3 aliphatic rings. The SMILES string of the molecule is C1=CC2COc3cccc4c3=C2C(=C1)OC=4. The van der Waals surface area contributed by atoms with Crippen molar-refractivity contribution in [2.24, 2.45) is 5.92 Å². The Labute approximate surface area is 92.8 Å². The molecule has 0 bridgehead atoms.